The molecule has 0 saturated carbocycles. The van der Waals surface area contributed by atoms with Crippen molar-refractivity contribution in [3.8, 4) is 11.5 Å². The van der Waals surface area contributed by atoms with E-state index in [9.17, 15) is 9.59 Å². The maximum Gasteiger partial charge on any atom is 0.266 e. The molecule has 2 amide bonds. The van der Waals surface area contributed by atoms with Crippen LogP contribution in [0.4, 0.5) is 11.4 Å². The lowest BCUT2D eigenvalue weighted by atomic mass is 9.90. The van der Waals surface area contributed by atoms with Crippen LogP contribution in [0.2, 0.25) is 0 Å². The second-order valence-electron chi connectivity index (χ2n) is 8.62. The van der Waals surface area contributed by atoms with Gasteiger partial charge in [0.1, 0.15) is 5.92 Å². The first kappa shape index (κ1) is 22.9. The second kappa shape index (κ2) is 9.80. The summed E-state index contributed by atoms with van der Waals surface area (Å²) < 4.78 is 11.5. The van der Waals surface area contributed by atoms with Crippen molar-refractivity contribution >= 4 is 23.2 Å². The number of methoxy groups -OCH3 is 1. The van der Waals surface area contributed by atoms with Gasteiger partial charge in [0.25, 0.3) is 5.91 Å². The van der Waals surface area contributed by atoms with Gasteiger partial charge in [-0.2, -0.15) is 0 Å². The molecule has 0 N–H and O–H groups in total. The molecule has 3 atom stereocenters. The summed E-state index contributed by atoms with van der Waals surface area (Å²) in [6.07, 6.45) is 1.06. The predicted molar refractivity (Wildman–Crippen MR) is 132 cm³/mol. The Labute approximate surface area is 204 Å². The van der Waals surface area contributed by atoms with Crippen LogP contribution in [0.1, 0.15) is 31.4 Å². The van der Waals surface area contributed by atoms with Crippen LogP contribution >= 0.6 is 0 Å². The zero-order valence-corrected chi connectivity index (χ0v) is 19.8. The average molecular weight is 473 g/mol. The van der Waals surface area contributed by atoms with Crippen LogP contribution in [-0.4, -0.2) is 31.6 Å². The fourth-order valence-electron chi connectivity index (χ4n) is 4.70. The molecule has 0 bridgehead atoms. The molecule has 2 aliphatic heterocycles. The quantitative estimate of drug-likeness (QED) is 0.342. The number of hydrogen-bond donors (Lipinski definition) is 0. The minimum absolute atomic E-state index is 0.281. The number of fused-ring (bicyclic) bond motifs is 1. The number of unbranched alkanes of at least 4 members (excludes halogenated alkanes) is 1. The van der Waals surface area contributed by atoms with Crippen molar-refractivity contribution < 1.29 is 23.9 Å². The van der Waals surface area contributed by atoms with Gasteiger partial charge in [-0.15, -0.1) is 0 Å². The van der Waals surface area contributed by atoms with E-state index in [1.54, 1.807) is 36.4 Å². The van der Waals surface area contributed by atoms with E-state index in [-0.39, 0.29) is 11.8 Å². The number of carbonyl (C=O) groups excluding carboxylic acids is 2. The molecule has 3 aromatic rings. The molecule has 0 aliphatic carbocycles. The molecular formula is C28H28N2O5. The summed E-state index contributed by atoms with van der Waals surface area (Å²) in [5, 5.41) is 1.68. The number of benzene rings is 3. The molecule has 2 heterocycles. The number of amides is 2. The number of carbonyl (C=O) groups is 2. The van der Waals surface area contributed by atoms with Crippen LogP contribution < -0.4 is 19.4 Å². The van der Waals surface area contributed by atoms with E-state index in [0.29, 0.717) is 23.8 Å². The summed E-state index contributed by atoms with van der Waals surface area (Å²) in [6.45, 7) is 2.70. The van der Waals surface area contributed by atoms with Crippen LogP contribution in [0.25, 0.3) is 0 Å². The van der Waals surface area contributed by atoms with Crippen LogP contribution in [0.3, 0.4) is 0 Å². The van der Waals surface area contributed by atoms with E-state index in [1.807, 2.05) is 54.6 Å². The Morgan fingerprint density at radius 3 is 2.20 bits per heavy atom. The van der Waals surface area contributed by atoms with Gasteiger partial charge in [0.2, 0.25) is 5.91 Å². The van der Waals surface area contributed by atoms with Gasteiger partial charge in [-0.1, -0.05) is 55.8 Å². The zero-order valence-electron chi connectivity index (χ0n) is 19.8. The molecule has 0 spiro atoms. The van der Waals surface area contributed by atoms with E-state index in [1.165, 1.54) is 4.90 Å². The predicted octanol–water partition coefficient (Wildman–Crippen LogP) is 4.93. The summed E-state index contributed by atoms with van der Waals surface area (Å²) in [5.41, 5.74) is 2.11. The molecule has 3 aromatic carbocycles. The van der Waals surface area contributed by atoms with Crippen molar-refractivity contribution in [2.75, 3.05) is 23.7 Å². The van der Waals surface area contributed by atoms with Gasteiger partial charge in [0.15, 0.2) is 17.6 Å². The highest BCUT2D eigenvalue weighted by Gasteiger charge is 2.60. The smallest absolute Gasteiger partial charge is 0.266 e. The Bertz CT molecular complexity index is 1200. The van der Waals surface area contributed by atoms with Crippen molar-refractivity contribution in [1.29, 1.82) is 0 Å². The maximum absolute atomic E-state index is 13.7. The third-order valence-electron chi connectivity index (χ3n) is 6.43. The van der Waals surface area contributed by atoms with Gasteiger partial charge in [-0.3, -0.25) is 14.4 Å². The lowest BCUT2D eigenvalue weighted by Crippen LogP contribution is -2.37. The van der Waals surface area contributed by atoms with Gasteiger partial charge < -0.3 is 9.47 Å². The largest absolute Gasteiger partial charge is 0.493 e. The van der Waals surface area contributed by atoms with E-state index in [2.05, 4.69) is 6.92 Å². The van der Waals surface area contributed by atoms with E-state index < -0.39 is 18.1 Å². The van der Waals surface area contributed by atoms with Crippen molar-refractivity contribution in [3.63, 3.8) is 0 Å². The highest BCUT2D eigenvalue weighted by Crippen LogP contribution is 2.48. The summed E-state index contributed by atoms with van der Waals surface area (Å²) in [4.78, 5) is 34.5. The molecule has 2 fully saturated rings. The van der Waals surface area contributed by atoms with Crippen molar-refractivity contribution in [3.05, 3.63) is 84.4 Å². The van der Waals surface area contributed by atoms with E-state index in [0.717, 1.165) is 24.1 Å². The van der Waals surface area contributed by atoms with E-state index >= 15 is 0 Å². The SMILES string of the molecule is CCCCOc1ccc([C@H]2[C@H]3C(=O)N(c4ccccc4)C(=O)[C@H]3ON2c2ccccc2)cc1OC. The minimum atomic E-state index is -0.917. The molecule has 2 aliphatic rings. The number of para-hydroxylation sites is 2. The molecule has 5 rings (SSSR count). The van der Waals surface area contributed by atoms with Crippen LogP contribution in [0.15, 0.2) is 78.9 Å². The molecule has 2 saturated heterocycles. The van der Waals surface area contributed by atoms with Crippen molar-refractivity contribution in [2.24, 2.45) is 5.92 Å². The van der Waals surface area contributed by atoms with Crippen molar-refractivity contribution in [2.45, 2.75) is 31.9 Å². The first-order chi connectivity index (χ1) is 17.1. The number of hydrogen-bond acceptors (Lipinski definition) is 6. The number of ether oxygens (including phenoxy) is 2. The number of nitrogens with zero attached hydrogens (tertiary/aromatic N) is 2. The maximum atomic E-state index is 13.7. The lowest BCUT2D eigenvalue weighted by Gasteiger charge is -2.29. The fourth-order valence-corrected chi connectivity index (χ4v) is 4.70. The van der Waals surface area contributed by atoms with Crippen LogP contribution in [0, 0.1) is 5.92 Å². The normalized spacial score (nSPS) is 21.4. The summed E-state index contributed by atoms with van der Waals surface area (Å²) in [6, 6.07) is 23.6. The third-order valence-corrected chi connectivity index (χ3v) is 6.43. The molecule has 0 radical (unpaired) electrons. The first-order valence-electron chi connectivity index (χ1n) is 11.9. The molecule has 0 unspecified atom stereocenters. The van der Waals surface area contributed by atoms with Gasteiger partial charge in [-0.25, -0.2) is 9.96 Å². The molecule has 35 heavy (non-hydrogen) atoms. The molecule has 0 aromatic heterocycles. The highest BCUT2D eigenvalue weighted by atomic mass is 16.7. The summed E-state index contributed by atoms with van der Waals surface area (Å²) in [5.74, 6) is -0.129. The summed E-state index contributed by atoms with van der Waals surface area (Å²) in [7, 11) is 1.59. The standard InChI is InChI=1S/C28H28N2O5/c1-3-4-17-34-22-16-15-19(18-23(22)33-2)25-24-26(35-30(25)21-13-9-6-10-14-21)28(32)29(27(24)31)20-11-7-5-8-12-20/h5-16,18,24-26H,3-4,17H2,1-2H3/t24-,25+,26+/m1/s1. The van der Waals surface area contributed by atoms with Gasteiger partial charge in [0.05, 0.1) is 31.1 Å². The summed E-state index contributed by atoms with van der Waals surface area (Å²) >= 11 is 0. The molecular weight excluding hydrogens is 444 g/mol. The first-order valence-corrected chi connectivity index (χ1v) is 11.9. The zero-order chi connectivity index (χ0) is 24.4. The number of imide groups is 1. The number of anilines is 2. The number of rotatable bonds is 8. The topological polar surface area (TPSA) is 68.3 Å². The Kier molecular flexibility index (Phi) is 6.42. The third kappa shape index (κ3) is 4.12. The Morgan fingerprint density at radius 2 is 1.54 bits per heavy atom. The highest BCUT2D eigenvalue weighted by molar-refractivity contribution is 6.23. The van der Waals surface area contributed by atoms with Gasteiger partial charge in [0, 0.05) is 0 Å². The second-order valence-corrected chi connectivity index (χ2v) is 8.62. The number of hydroxylamine groups is 1. The molecule has 7 heteroatoms. The molecule has 180 valence electrons. The van der Waals surface area contributed by atoms with Crippen molar-refractivity contribution in [1.82, 2.24) is 0 Å². The average Bonchev–Trinajstić information content (AvgIpc) is 3.41. The fraction of sp³-hybridized carbons (Fsp3) is 0.286. The minimum Gasteiger partial charge on any atom is -0.493 e. The van der Waals surface area contributed by atoms with Gasteiger partial charge >= 0.3 is 0 Å². The monoisotopic (exact) mass is 472 g/mol. The van der Waals surface area contributed by atoms with Gasteiger partial charge in [-0.05, 0) is 48.4 Å². The van der Waals surface area contributed by atoms with Crippen LogP contribution in [0.5, 0.6) is 11.5 Å². The Morgan fingerprint density at radius 1 is 0.857 bits per heavy atom. The Balaban J connectivity index is 1.54. The Hall–Kier alpha value is -3.84. The molecule has 7 nitrogen and oxygen atoms in total. The van der Waals surface area contributed by atoms with Crippen LogP contribution in [-0.2, 0) is 14.4 Å². The van der Waals surface area contributed by atoms with E-state index in [4.69, 9.17) is 14.3 Å². The lowest BCUT2D eigenvalue weighted by molar-refractivity contribution is -0.126.